The van der Waals surface area contributed by atoms with E-state index in [0.717, 1.165) is 23.6 Å². The predicted molar refractivity (Wildman–Crippen MR) is 146 cm³/mol. The van der Waals surface area contributed by atoms with Crippen LogP contribution >= 0.6 is 22.9 Å². The van der Waals surface area contributed by atoms with Crippen LogP contribution in [0.25, 0.3) is 11.1 Å². The van der Waals surface area contributed by atoms with Gasteiger partial charge >= 0.3 is 6.18 Å². The molecule has 0 spiro atoms. The maximum atomic E-state index is 13.6. The van der Waals surface area contributed by atoms with Crippen LogP contribution in [0.4, 0.5) is 24.7 Å². The number of hydrogen-bond acceptors (Lipinski definition) is 5. The molecule has 1 amide bonds. The fourth-order valence-corrected chi connectivity index (χ4v) is 5.33. The summed E-state index contributed by atoms with van der Waals surface area (Å²) in [4.78, 5) is 20.1. The number of halogens is 4. The molecular formula is C28H24ClF3N4OS. The van der Waals surface area contributed by atoms with Gasteiger partial charge in [-0.15, -0.1) is 11.3 Å². The Morgan fingerprint density at radius 2 is 1.92 bits per heavy atom. The van der Waals surface area contributed by atoms with E-state index in [1.807, 2.05) is 40.6 Å². The molecule has 5 nitrogen and oxygen atoms in total. The molecule has 0 radical (unpaired) electrons. The number of nitrogens with one attached hydrogen (secondary N) is 2. The van der Waals surface area contributed by atoms with Gasteiger partial charge in [-0.05, 0) is 65.4 Å². The highest BCUT2D eigenvalue weighted by atomic mass is 35.5. The molecule has 38 heavy (non-hydrogen) atoms. The first-order valence-corrected chi connectivity index (χ1v) is 13.3. The van der Waals surface area contributed by atoms with Crippen molar-refractivity contribution in [2.24, 2.45) is 0 Å². The van der Waals surface area contributed by atoms with E-state index in [4.69, 9.17) is 11.6 Å². The van der Waals surface area contributed by atoms with Crippen LogP contribution in [-0.2, 0) is 19.1 Å². The minimum atomic E-state index is -4.48. The third-order valence-corrected chi connectivity index (χ3v) is 7.51. The normalized spacial score (nSPS) is 13.1. The van der Waals surface area contributed by atoms with Gasteiger partial charge in [0.25, 0.3) is 5.91 Å². The average molecular weight is 557 g/mol. The summed E-state index contributed by atoms with van der Waals surface area (Å²) in [6.07, 6.45) is -1.98. The molecule has 0 bridgehead atoms. The smallest absolute Gasteiger partial charge is 0.367 e. The number of rotatable bonds is 7. The number of nitrogens with zero attached hydrogens (tertiary/aromatic N) is 2. The first kappa shape index (κ1) is 26.1. The molecule has 0 saturated carbocycles. The number of carbonyl (C=O) groups is 1. The van der Waals surface area contributed by atoms with E-state index in [0.29, 0.717) is 36.7 Å². The molecule has 1 aliphatic heterocycles. The Hall–Kier alpha value is -3.56. The van der Waals surface area contributed by atoms with Crippen molar-refractivity contribution < 1.29 is 18.0 Å². The molecule has 0 saturated heterocycles. The summed E-state index contributed by atoms with van der Waals surface area (Å²) in [5, 5.41) is 8.42. The van der Waals surface area contributed by atoms with Crippen LogP contribution in [0.15, 0.2) is 72.2 Å². The quantitative estimate of drug-likeness (QED) is 0.260. The summed E-state index contributed by atoms with van der Waals surface area (Å²) in [5.41, 5.74) is 2.31. The fourth-order valence-electron chi connectivity index (χ4n) is 4.43. The zero-order valence-corrected chi connectivity index (χ0v) is 21.8. The molecule has 10 heteroatoms. The molecule has 5 rings (SSSR count). The van der Waals surface area contributed by atoms with Gasteiger partial charge in [0.15, 0.2) is 0 Å². The minimum absolute atomic E-state index is 0.0415. The van der Waals surface area contributed by atoms with Crippen molar-refractivity contribution in [3.63, 3.8) is 0 Å². The van der Waals surface area contributed by atoms with Crippen LogP contribution in [0, 0.1) is 0 Å². The molecule has 4 aromatic rings. The molecule has 196 valence electrons. The lowest BCUT2D eigenvalue weighted by Gasteiger charge is -2.32. The van der Waals surface area contributed by atoms with Gasteiger partial charge in [0.2, 0.25) is 0 Å². The Labute approximate surface area is 227 Å². The van der Waals surface area contributed by atoms with E-state index in [9.17, 15) is 18.0 Å². The number of aromatic nitrogens is 1. The van der Waals surface area contributed by atoms with E-state index in [1.54, 1.807) is 29.7 Å². The van der Waals surface area contributed by atoms with Gasteiger partial charge in [0.1, 0.15) is 5.82 Å². The standard InChI is InChI=1S/C28H24ClF3N4OS/c29-22-7-8-24(28(30,31)32)21(14-22)17-36-12-11-33-26-25(36)15-20(16-35-26)18-3-5-19(6-4-18)27(37)34-10-9-23-2-1-13-38-23/h1-8,13-16H,9-12,17H2,(H,33,35)(H,34,37). The lowest BCUT2D eigenvalue weighted by Crippen LogP contribution is -2.34. The highest BCUT2D eigenvalue weighted by Crippen LogP contribution is 2.37. The van der Waals surface area contributed by atoms with Crippen molar-refractivity contribution >= 4 is 40.4 Å². The predicted octanol–water partition coefficient (Wildman–Crippen LogP) is 6.89. The summed E-state index contributed by atoms with van der Waals surface area (Å²) in [7, 11) is 0. The lowest BCUT2D eigenvalue weighted by molar-refractivity contribution is -0.138. The lowest BCUT2D eigenvalue weighted by atomic mass is 10.0. The first-order valence-electron chi connectivity index (χ1n) is 12.0. The Kier molecular flexibility index (Phi) is 7.58. The number of carbonyl (C=O) groups excluding carboxylic acids is 1. The maximum absolute atomic E-state index is 13.6. The molecule has 2 N–H and O–H groups in total. The Morgan fingerprint density at radius 1 is 1.11 bits per heavy atom. The van der Waals surface area contributed by atoms with E-state index < -0.39 is 11.7 Å². The summed E-state index contributed by atoms with van der Waals surface area (Å²) >= 11 is 7.70. The second kappa shape index (κ2) is 11.0. The Balaban J connectivity index is 1.33. The van der Waals surface area contributed by atoms with Crippen molar-refractivity contribution in [1.29, 1.82) is 0 Å². The van der Waals surface area contributed by atoms with Gasteiger partial charge in [-0.1, -0.05) is 29.8 Å². The molecule has 0 aliphatic carbocycles. The van der Waals surface area contributed by atoms with Crippen molar-refractivity contribution in [3.05, 3.63) is 98.8 Å². The average Bonchev–Trinajstić information content (AvgIpc) is 3.42. The van der Waals surface area contributed by atoms with Gasteiger partial charge in [-0.3, -0.25) is 4.79 Å². The Bertz CT molecular complexity index is 1430. The number of benzene rings is 2. The molecule has 2 aromatic heterocycles. The molecule has 3 heterocycles. The van der Waals surface area contributed by atoms with Crippen LogP contribution in [0.1, 0.15) is 26.4 Å². The Morgan fingerprint density at radius 3 is 2.66 bits per heavy atom. The zero-order chi connectivity index (χ0) is 26.7. The SMILES string of the molecule is O=C(NCCc1cccs1)c1ccc(-c2cnc3c(c2)N(Cc2cc(Cl)ccc2C(F)(F)F)CCN3)cc1. The van der Waals surface area contributed by atoms with Crippen molar-refractivity contribution in [2.75, 3.05) is 29.9 Å². The van der Waals surface area contributed by atoms with Crippen molar-refractivity contribution in [3.8, 4) is 11.1 Å². The topological polar surface area (TPSA) is 57.3 Å². The molecule has 0 fully saturated rings. The third kappa shape index (κ3) is 5.95. The number of amides is 1. The minimum Gasteiger partial charge on any atom is -0.367 e. The van der Waals surface area contributed by atoms with E-state index >= 15 is 0 Å². The molecular weight excluding hydrogens is 533 g/mol. The second-order valence-corrected chi connectivity index (χ2v) is 10.4. The third-order valence-electron chi connectivity index (χ3n) is 6.33. The summed E-state index contributed by atoms with van der Waals surface area (Å²) < 4.78 is 40.9. The summed E-state index contributed by atoms with van der Waals surface area (Å²) in [6, 6.07) is 16.8. The van der Waals surface area contributed by atoms with Crippen molar-refractivity contribution in [1.82, 2.24) is 10.3 Å². The second-order valence-electron chi connectivity index (χ2n) is 8.90. The van der Waals surface area contributed by atoms with Gasteiger partial charge in [-0.25, -0.2) is 4.98 Å². The van der Waals surface area contributed by atoms with Gasteiger partial charge < -0.3 is 15.5 Å². The highest BCUT2D eigenvalue weighted by Gasteiger charge is 2.34. The molecule has 2 aromatic carbocycles. The maximum Gasteiger partial charge on any atom is 0.416 e. The van der Waals surface area contributed by atoms with Crippen molar-refractivity contribution in [2.45, 2.75) is 19.1 Å². The summed E-state index contributed by atoms with van der Waals surface area (Å²) in [6.45, 7) is 1.66. The van der Waals surface area contributed by atoms with E-state index in [1.165, 1.54) is 17.0 Å². The number of hydrogen-bond donors (Lipinski definition) is 2. The van der Waals surface area contributed by atoms with Crippen LogP contribution in [0.2, 0.25) is 5.02 Å². The van der Waals surface area contributed by atoms with Gasteiger partial charge in [0.05, 0.1) is 11.3 Å². The van der Waals surface area contributed by atoms with Crippen LogP contribution < -0.4 is 15.5 Å². The van der Waals surface area contributed by atoms with Crippen LogP contribution in [0.5, 0.6) is 0 Å². The number of alkyl halides is 3. The molecule has 0 atom stereocenters. The van der Waals surface area contributed by atoms with E-state index in [-0.39, 0.29) is 23.0 Å². The first-order chi connectivity index (χ1) is 18.3. The van der Waals surface area contributed by atoms with Gasteiger partial charge in [0, 0.05) is 53.4 Å². The highest BCUT2D eigenvalue weighted by molar-refractivity contribution is 7.09. The zero-order valence-electron chi connectivity index (χ0n) is 20.2. The number of thiophene rings is 1. The van der Waals surface area contributed by atoms with Crippen LogP contribution in [-0.4, -0.2) is 30.5 Å². The summed E-state index contributed by atoms with van der Waals surface area (Å²) in [5.74, 6) is 0.464. The van der Waals surface area contributed by atoms with Gasteiger partial charge in [-0.2, -0.15) is 13.2 Å². The number of pyridine rings is 1. The van der Waals surface area contributed by atoms with Crippen LogP contribution in [0.3, 0.4) is 0 Å². The number of fused-ring (bicyclic) bond motifs is 1. The molecule has 1 aliphatic rings. The largest absolute Gasteiger partial charge is 0.416 e. The van der Waals surface area contributed by atoms with E-state index in [2.05, 4.69) is 15.6 Å². The molecule has 0 unspecified atom stereocenters. The number of anilines is 2. The monoisotopic (exact) mass is 556 g/mol. The fraction of sp³-hybridized carbons (Fsp3) is 0.214.